The van der Waals surface area contributed by atoms with Gasteiger partial charge < -0.3 is 29.2 Å². The Balaban J connectivity index is 3.72. The summed E-state index contributed by atoms with van der Waals surface area (Å²) < 4.78 is 32.1. The van der Waals surface area contributed by atoms with Crippen LogP contribution in [0.1, 0.15) is 66.2 Å². The molecule has 0 rings (SSSR count). The van der Waals surface area contributed by atoms with Crippen LogP contribution in [-0.2, 0) is 23.1 Å². The van der Waals surface area contributed by atoms with E-state index in [0.29, 0.717) is 0 Å². The van der Waals surface area contributed by atoms with Crippen molar-refractivity contribution in [1.82, 2.24) is 10.6 Å². The van der Waals surface area contributed by atoms with Gasteiger partial charge in [0.15, 0.2) is 0 Å². The molecule has 0 aliphatic rings. The van der Waals surface area contributed by atoms with Crippen molar-refractivity contribution in [2.75, 3.05) is 26.3 Å². The third kappa shape index (κ3) is 14.7. The molecule has 28 heavy (non-hydrogen) atoms. The van der Waals surface area contributed by atoms with Crippen LogP contribution in [0.4, 0.5) is 9.59 Å². The molecular formula is C18H37N2O7P. The molecule has 0 aliphatic heterocycles. The molecule has 2 unspecified atom stereocenters. The highest BCUT2D eigenvalue weighted by molar-refractivity contribution is 7.33. The number of nitrogens with one attached hydrogen (secondary N) is 2. The highest BCUT2D eigenvalue weighted by Gasteiger charge is 2.12. The van der Waals surface area contributed by atoms with E-state index in [-0.39, 0.29) is 38.5 Å². The molecule has 10 heteroatoms. The SMILES string of the molecule is CCCC(CC)OC(=O)NCCO[PH](=O)OCCNC(=O)OC(CC)CCC. The molecule has 0 saturated heterocycles. The van der Waals surface area contributed by atoms with E-state index in [1.807, 2.05) is 27.7 Å². The number of rotatable bonds is 16. The van der Waals surface area contributed by atoms with Crippen molar-refractivity contribution < 1.29 is 32.7 Å². The predicted molar refractivity (Wildman–Crippen MR) is 108 cm³/mol. The molecule has 0 spiro atoms. The molecule has 0 saturated carbocycles. The number of carbonyl (C=O) groups excluding carboxylic acids is 2. The first-order valence-electron chi connectivity index (χ1n) is 10.1. The molecule has 2 N–H and O–H groups in total. The van der Waals surface area contributed by atoms with Gasteiger partial charge in [-0.3, -0.25) is 4.57 Å². The number of hydrogen-bond donors (Lipinski definition) is 2. The number of alkyl carbamates (subject to hydrolysis) is 2. The Kier molecular flexibility index (Phi) is 16.9. The summed E-state index contributed by atoms with van der Waals surface area (Å²) in [7, 11) is -2.69. The van der Waals surface area contributed by atoms with Gasteiger partial charge in [-0.05, 0) is 25.7 Å². The smallest absolute Gasteiger partial charge is 0.407 e. The molecule has 0 aromatic rings. The zero-order chi connectivity index (χ0) is 21.2. The van der Waals surface area contributed by atoms with Crippen molar-refractivity contribution in [2.24, 2.45) is 0 Å². The second-order valence-corrected chi connectivity index (χ2v) is 7.33. The topological polar surface area (TPSA) is 112 Å². The third-order valence-electron chi connectivity index (χ3n) is 3.86. The third-order valence-corrected chi connectivity index (χ3v) is 4.74. The van der Waals surface area contributed by atoms with Crippen LogP contribution < -0.4 is 10.6 Å². The van der Waals surface area contributed by atoms with Crippen LogP contribution in [-0.4, -0.2) is 50.7 Å². The van der Waals surface area contributed by atoms with E-state index in [1.165, 1.54) is 0 Å². The van der Waals surface area contributed by atoms with Crippen LogP contribution in [0, 0.1) is 0 Å². The Hall–Kier alpha value is -1.31. The summed E-state index contributed by atoms with van der Waals surface area (Å²) in [6.07, 6.45) is 3.84. The van der Waals surface area contributed by atoms with Gasteiger partial charge in [-0.15, -0.1) is 0 Å². The Morgan fingerprint density at radius 2 is 1.18 bits per heavy atom. The highest BCUT2D eigenvalue weighted by atomic mass is 31.1. The van der Waals surface area contributed by atoms with Gasteiger partial charge in [0.2, 0.25) is 0 Å². The predicted octanol–water partition coefficient (Wildman–Crippen LogP) is 4.02. The maximum Gasteiger partial charge on any atom is 0.407 e. The van der Waals surface area contributed by atoms with Crippen molar-refractivity contribution in [2.45, 2.75) is 78.4 Å². The monoisotopic (exact) mass is 424 g/mol. The molecule has 9 nitrogen and oxygen atoms in total. The first kappa shape index (κ1) is 26.7. The van der Waals surface area contributed by atoms with Crippen molar-refractivity contribution in [3.05, 3.63) is 0 Å². The number of carbonyl (C=O) groups is 2. The molecule has 0 aliphatic carbocycles. The maximum atomic E-state index is 11.6. The van der Waals surface area contributed by atoms with E-state index in [2.05, 4.69) is 10.6 Å². The van der Waals surface area contributed by atoms with Crippen LogP contribution in [0.25, 0.3) is 0 Å². The highest BCUT2D eigenvalue weighted by Crippen LogP contribution is 2.22. The second-order valence-electron chi connectivity index (χ2n) is 6.25. The molecule has 0 bridgehead atoms. The fourth-order valence-electron chi connectivity index (χ4n) is 2.34. The van der Waals surface area contributed by atoms with Gasteiger partial charge in [0.05, 0.1) is 13.2 Å². The Labute approximate surface area is 169 Å². The lowest BCUT2D eigenvalue weighted by molar-refractivity contribution is 0.0884. The largest absolute Gasteiger partial charge is 0.446 e. The van der Waals surface area contributed by atoms with Gasteiger partial charge in [-0.25, -0.2) is 9.59 Å². The molecule has 166 valence electrons. The van der Waals surface area contributed by atoms with Crippen LogP contribution in [0.3, 0.4) is 0 Å². The Bertz CT molecular complexity index is 414. The summed E-state index contributed by atoms with van der Waals surface area (Å²) in [4.78, 5) is 23.2. The van der Waals surface area contributed by atoms with Gasteiger partial charge in [0, 0.05) is 13.1 Å². The first-order chi connectivity index (χ1) is 13.5. The van der Waals surface area contributed by atoms with Gasteiger partial charge in [0.1, 0.15) is 12.2 Å². The first-order valence-corrected chi connectivity index (χ1v) is 11.4. The van der Waals surface area contributed by atoms with Crippen LogP contribution in [0.2, 0.25) is 0 Å². The molecule has 2 atom stereocenters. The van der Waals surface area contributed by atoms with E-state index in [0.717, 1.165) is 38.5 Å². The summed E-state index contributed by atoms with van der Waals surface area (Å²) in [5.74, 6) is 0. The summed E-state index contributed by atoms with van der Waals surface area (Å²) in [6.45, 7) is 8.41. The van der Waals surface area contributed by atoms with E-state index in [1.54, 1.807) is 0 Å². The molecule has 0 heterocycles. The summed E-state index contributed by atoms with van der Waals surface area (Å²) >= 11 is 0. The number of ether oxygens (including phenoxy) is 2. The number of hydrogen-bond acceptors (Lipinski definition) is 7. The Morgan fingerprint density at radius 1 is 0.786 bits per heavy atom. The van der Waals surface area contributed by atoms with Crippen LogP contribution >= 0.6 is 8.25 Å². The minimum atomic E-state index is -2.69. The summed E-state index contributed by atoms with van der Waals surface area (Å²) in [5, 5.41) is 5.08. The average Bonchev–Trinajstić information content (AvgIpc) is 2.67. The van der Waals surface area contributed by atoms with Crippen molar-refractivity contribution >= 4 is 20.4 Å². The fraction of sp³-hybridized carbons (Fsp3) is 0.889. The van der Waals surface area contributed by atoms with Crippen LogP contribution in [0.15, 0.2) is 0 Å². The fourth-order valence-corrected chi connectivity index (χ4v) is 2.96. The van der Waals surface area contributed by atoms with Crippen molar-refractivity contribution in [3.8, 4) is 0 Å². The molecule has 2 amide bonds. The van der Waals surface area contributed by atoms with E-state index < -0.39 is 20.4 Å². The zero-order valence-electron chi connectivity index (χ0n) is 17.6. The van der Waals surface area contributed by atoms with Crippen molar-refractivity contribution in [3.63, 3.8) is 0 Å². The number of amides is 2. The lowest BCUT2D eigenvalue weighted by atomic mass is 10.2. The molecule has 0 aromatic heterocycles. The van der Waals surface area contributed by atoms with E-state index in [9.17, 15) is 14.2 Å². The standard InChI is InChI=1S/C18H37N2O7P/c1-5-9-15(7-3)26-17(21)19-11-13-24-28(23)25-14-12-20-18(22)27-16(8-4)10-6-2/h15-16,28H,5-14H2,1-4H3,(H,19,21)(H,20,22). The average molecular weight is 424 g/mol. The quantitative estimate of drug-likeness (QED) is 0.284. The van der Waals surface area contributed by atoms with Crippen molar-refractivity contribution in [1.29, 1.82) is 0 Å². The minimum absolute atomic E-state index is 0.0438. The van der Waals surface area contributed by atoms with Gasteiger partial charge in [-0.1, -0.05) is 40.5 Å². The second kappa shape index (κ2) is 17.8. The van der Waals surface area contributed by atoms with Gasteiger partial charge >= 0.3 is 20.4 Å². The molecule has 0 aromatic carbocycles. The van der Waals surface area contributed by atoms with E-state index in [4.69, 9.17) is 18.5 Å². The lowest BCUT2D eigenvalue weighted by Gasteiger charge is -2.16. The van der Waals surface area contributed by atoms with Gasteiger partial charge in [-0.2, -0.15) is 0 Å². The lowest BCUT2D eigenvalue weighted by Crippen LogP contribution is -2.31. The molecule has 0 radical (unpaired) electrons. The summed E-state index contributed by atoms with van der Waals surface area (Å²) in [5.41, 5.74) is 0. The normalized spacial score (nSPS) is 14.0. The molecular weight excluding hydrogens is 387 g/mol. The minimum Gasteiger partial charge on any atom is -0.446 e. The molecule has 0 fully saturated rings. The Morgan fingerprint density at radius 3 is 1.50 bits per heavy atom. The maximum absolute atomic E-state index is 11.6. The zero-order valence-corrected chi connectivity index (χ0v) is 18.6. The van der Waals surface area contributed by atoms with Gasteiger partial charge in [0.25, 0.3) is 0 Å². The van der Waals surface area contributed by atoms with Crippen LogP contribution in [0.5, 0.6) is 0 Å². The summed E-state index contributed by atoms with van der Waals surface area (Å²) in [6, 6.07) is 0. The van der Waals surface area contributed by atoms with E-state index >= 15 is 0 Å².